The number of fused-ring (bicyclic) bond motifs is 1. The minimum atomic E-state index is 0.0784. The third-order valence-corrected chi connectivity index (χ3v) is 5.75. The summed E-state index contributed by atoms with van der Waals surface area (Å²) < 4.78 is 0. The molecule has 1 aromatic rings. The summed E-state index contributed by atoms with van der Waals surface area (Å²) in [6.07, 6.45) is 7.31. The zero-order valence-electron chi connectivity index (χ0n) is 13.8. The Morgan fingerprint density at radius 3 is 2.48 bits per heavy atom. The molecule has 1 aliphatic carbocycles. The van der Waals surface area contributed by atoms with E-state index in [1.807, 2.05) is 0 Å². The highest BCUT2D eigenvalue weighted by Gasteiger charge is 2.46. The molecule has 1 spiro atoms. The van der Waals surface area contributed by atoms with Gasteiger partial charge in [-0.2, -0.15) is 0 Å². The third kappa shape index (κ3) is 2.20. The summed E-state index contributed by atoms with van der Waals surface area (Å²) in [5, 5.41) is 0. The SMILES string of the molecule is CC(=O)N1c2c(ccc(C)c2C)[C@H](C)CC12CCCCC2. The Morgan fingerprint density at radius 2 is 1.86 bits per heavy atom. The first-order valence-electron chi connectivity index (χ1n) is 8.37. The van der Waals surface area contributed by atoms with Gasteiger partial charge in [-0.05, 0) is 55.7 Å². The first-order valence-corrected chi connectivity index (χ1v) is 8.37. The van der Waals surface area contributed by atoms with Gasteiger partial charge in [-0.3, -0.25) is 4.79 Å². The van der Waals surface area contributed by atoms with Crippen molar-refractivity contribution in [3.63, 3.8) is 0 Å². The standard InChI is InChI=1S/C19H27NO/c1-13-8-9-17-14(2)12-19(10-6-5-7-11-19)20(16(4)21)18(17)15(13)3/h8-9,14H,5-7,10-12H2,1-4H3/t14-/m1/s1. The van der Waals surface area contributed by atoms with Crippen LogP contribution in [0.5, 0.6) is 0 Å². The molecule has 0 saturated heterocycles. The smallest absolute Gasteiger partial charge is 0.224 e. The monoisotopic (exact) mass is 285 g/mol. The Balaban J connectivity index is 2.20. The van der Waals surface area contributed by atoms with Gasteiger partial charge in [-0.25, -0.2) is 0 Å². The highest BCUT2D eigenvalue weighted by molar-refractivity contribution is 5.96. The minimum Gasteiger partial charge on any atom is -0.306 e. The van der Waals surface area contributed by atoms with Gasteiger partial charge < -0.3 is 4.90 Å². The molecule has 2 aliphatic rings. The van der Waals surface area contributed by atoms with E-state index in [-0.39, 0.29) is 11.4 Å². The van der Waals surface area contributed by atoms with E-state index in [1.165, 1.54) is 54.5 Å². The van der Waals surface area contributed by atoms with E-state index in [0.29, 0.717) is 5.92 Å². The highest BCUT2D eigenvalue weighted by Crippen LogP contribution is 2.51. The van der Waals surface area contributed by atoms with Gasteiger partial charge in [0.1, 0.15) is 0 Å². The second-order valence-corrected chi connectivity index (χ2v) is 7.19. The lowest BCUT2D eigenvalue weighted by atomic mass is 9.69. The molecule has 0 radical (unpaired) electrons. The van der Waals surface area contributed by atoms with E-state index in [0.717, 1.165) is 6.42 Å². The maximum absolute atomic E-state index is 12.5. The fraction of sp³-hybridized carbons (Fsp3) is 0.632. The van der Waals surface area contributed by atoms with Crippen LogP contribution in [0.4, 0.5) is 5.69 Å². The quantitative estimate of drug-likeness (QED) is 0.666. The Morgan fingerprint density at radius 1 is 1.19 bits per heavy atom. The molecule has 0 bridgehead atoms. The van der Waals surface area contributed by atoms with E-state index in [4.69, 9.17) is 0 Å². The summed E-state index contributed by atoms with van der Waals surface area (Å²) in [4.78, 5) is 14.7. The topological polar surface area (TPSA) is 20.3 Å². The molecule has 21 heavy (non-hydrogen) atoms. The predicted molar refractivity (Wildman–Crippen MR) is 87.9 cm³/mol. The fourth-order valence-corrected chi connectivity index (χ4v) is 4.65. The number of rotatable bonds is 0. The van der Waals surface area contributed by atoms with Crippen LogP contribution in [0.15, 0.2) is 12.1 Å². The van der Waals surface area contributed by atoms with Crippen molar-refractivity contribution in [3.05, 3.63) is 28.8 Å². The van der Waals surface area contributed by atoms with Gasteiger partial charge in [0, 0.05) is 12.5 Å². The first-order chi connectivity index (χ1) is 9.96. The number of carbonyl (C=O) groups excluding carboxylic acids is 1. The van der Waals surface area contributed by atoms with Gasteiger partial charge in [-0.15, -0.1) is 0 Å². The van der Waals surface area contributed by atoms with Gasteiger partial charge >= 0.3 is 0 Å². The average Bonchev–Trinajstić information content (AvgIpc) is 2.43. The average molecular weight is 285 g/mol. The molecule has 1 fully saturated rings. The van der Waals surface area contributed by atoms with Gasteiger partial charge in [0.15, 0.2) is 0 Å². The molecule has 1 heterocycles. The van der Waals surface area contributed by atoms with Gasteiger partial charge in [-0.1, -0.05) is 38.3 Å². The molecular weight excluding hydrogens is 258 g/mol. The summed E-state index contributed by atoms with van der Waals surface area (Å²) in [6, 6.07) is 4.45. The number of hydrogen-bond donors (Lipinski definition) is 0. The van der Waals surface area contributed by atoms with Crippen LogP contribution < -0.4 is 4.90 Å². The van der Waals surface area contributed by atoms with Crippen LogP contribution in [0, 0.1) is 13.8 Å². The highest BCUT2D eigenvalue weighted by atomic mass is 16.2. The minimum absolute atomic E-state index is 0.0784. The van der Waals surface area contributed by atoms with Crippen molar-refractivity contribution in [2.45, 2.75) is 77.7 Å². The molecule has 0 N–H and O–H groups in total. The molecular formula is C19H27NO. The summed E-state index contributed by atoms with van der Waals surface area (Å²) in [7, 11) is 0. The molecule has 3 rings (SSSR count). The Bertz CT molecular complexity index is 569. The molecule has 0 unspecified atom stereocenters. The largest absolute Gasteiger partial charge is 0.306 e. The summed E-state index contributed by atoms with van der Waals surface area (Å²) in [6.45, 7) is 8.42. The van der Waals surface area contributed by atoms with E-state index >= 15 is 0 Å². The van der Waals surface area contributed by atoms with E-state index in [9.17, 15) is 4.79 Å². The second kappa shape index (κ2) is 5.15. The zero-order valence-corrected chi connectivity index (χ0v) is 13.8. The number of hydrogen-bond acceptors (Lipinski definition) is 1. The number of nitrogens with zero attached hydrogens (tertiary/aromatic N) is 1. The van der Waals surface area contributed by atoms with Crippen molar-refractivity contribution in [1.29, 1.82) is 0 Å². The maximum Gasteiger partial charge on any atom is 0.224 e. The summed E-state index contributed by atoms with van der Waals surface area (Å²) in [5.74, 6) is 0.770. The van der Waals surface area contributed by atoms with Crippen LogP contribution in [-0.4, -0.2) is 11.4 Å². The van der Waals surface area contributed by atoms with Crippen LogP contribution in [0.3, 0.4) is 0 Å². The van der Waals surface area contributed by atoms with Crippen molar-refractivity contribution < 1.29 is 4.79 Å². The predicted octanol–water partition coefficient (Wildman–Crippen LogP) is 4.87. The molecule has 1 aromatic carbocycles. The number of aryl methyl sites for hydroxylation is 1. The summed E-state index contributed by atoms with van der Waals surface area (Å²) in [5.41, 5.74) is 5.25. The molecule has 114 valence electrons. The number of benzene rings is 1. The molecule has 2 nitrogen and oxygen atoms in total. The van der Waals surface area contributed by atoms with Crippen molar-refractivity contribution in [3.8, 4) is 0 Å². The van der Waals surface area contributed by atoms with Crippen LogP contribution in [-0.2, 0) is 4.79 Å². The lowest BCUT2D eigenvalue weighted by Gasteiger charge is -2.52. The zero-order chi connectivity index (χ0) is 15.2. The van der Waals surface area contributed by atoms with Crippen molar-refractivity contribution in [2.75, 3.05) is 4.90 Å². The normalized spacial score (nSPS) is 24.0. The Labute approximate surface area is 128 Å². The second-order valence-electron chi connectivity index (χ2n) is 7.19. The van der Waals surface area contributed by atoms with Crippen molar-refractivity contribution in [2.24, 2.45) is 0 Å². The Hall–Kier alpha value is -1.31. The van der Waals surface area contributed by atoms with E-state index in [1.54, 1.807) is 6.92 Å². The fourth-order valence-electron chi connectivity index (χ4n) is 4.65. The summed E-state index contributed by atoms with van der Waals surface area (Å²) >= 11 is 0. The van der Waals surface area contributed by atoms with Crippen LogP contribution in [0.2, 0.25) is 0 Å². The van der Waals surface area contributed by atoms with Gasteiger partial charge in [0.2, 0.25) is 5.91 Å². The number of carbonyl (C=O) groups is 1. The van der Waals surface area contributed by atoms with Crippen LogP contribution >= 0.6 is 0 Å². The van der Waals surface area contributed by atoms with E-state index < -0.39 is 0 Å². The molecule has 0 aromatic heterocycles. The van der Waals surface area contributed by atoms with Crippen LogP contribution in [0.25, 0.3) is 0 Å². The Kier molecular flexibility index (Phi) is 3.59. The van der Waals surface area contributed by atoms with E-state index in [2.05, 4.69) is 37.8 Å². The molecule has 2 heteroatoms. The van der Waals surface area contributed by atoms with Crippen molar-refractivity contribution >= 4 is 11.6 Å². The first kappa shape index (κ1) is 14.6. The molecule has 1 saturated carbocycles. The maximum atomic E-state index is 12.5. The lowest BCUT2D eigenvalue weighted by molar-refractivity contribution is -0.118. The molecule has 1 atom stereocenters. The molecule has 1 amide bonds. The van der Waals surface area contributed by atoms with Gasteiger partial charge in [0.25, 0.3) is 0 Å². The number of amides is 1. The van der Waals surface area contributed by atoms with Crippen molar-refractivity contribution in [1.82, 2.24) is 0 Å². The molecule has 1 aliphatic heterocycles. The lowest BCUT2D eigenvalue weighted by Crippen LogP contribution is -2.56. The van der Waals surface area contributed by atoms with Gasteiger partial charge in [0.05, 0.1) is 5.69 Å². The third-order valence-electron chi connectivity index (χ3n) is 5.75. The number of anilines is 1. The van der Waals surface area contributed by atoms with Crippen LogP contribution in [0.1, 0.15) is 75.0 Å².